The lowest BCUT2D eigenvalue weighted by Crippen LogP contribution is -2.52. The Labute approximate surface area is 167 Å². The molecule has 3 rings (SSSR count). The van der Waals surface area contributed by atoms with E-state index in [9.17, 15) is 9.59 Å². The molecular formula is C21H32N4O3. The molecule has 2 saturated heterocycles. The van der Waals surface area contributed by atoms with Crippen LogP contribution in [0, 0.1) is 0 Å². The Balaban J connectivity index is 1.37. The lowest BCUT2D eigenvalue weighted by molar-refractivity contribution is -0.137. The molecule has 7 heteroatoms. The van der Waals surface area contributed by atoms with Gasteiger partial charge in [0.15, 0.2) is 0 Å². The van der Waals surface area contributed by atoms with Gasteiger partial charge in [-0.25, -0.2) is 0 Å². The van der Waals surface area contributed by atoms with Crippen molar-refractivity contribution in [3.05, 3.63) is 29.8 Å². The SMILES string of the molecule is CC(C)c1ccc(NC(=O)CN2CCN(CC(=O)N3CCOCC3)CC2)cc1. The fourth-order valence-electron chi connectivity index (χ4n) is 3.56. The number of rotatable bonds is 6. The van der Waals surface area contributed by atoms with Crippen molar-refractivity contribution < 1.29 is 14.3 Å². The van der Waals surface area contributed by atoms with Crippen molar-refractivity contribution in [3.63, 3.8) is 0 Å². The second-order valence-corrected chi connectivity index (χ2v) is 7.87. The average Bonchev–Trinajstić information content (AvgIpc) is 2.70. The minimum absolute atomic E-state index is 0.00939. The fourth-order valence-corrected chi connectivity index (χ4v) is 3.56. The molecule has 2 heterocycles. The molecule has 154 valence electrons. The largest absolute Gasteiger partial charge is 0.378 e. The number of hydrogen-bond donors (Lipinski definition) is 1. The molecular weight excluding hydrogens is 356 g/mol. The highest BCUT2D eigenvalue weighted by Crippen LogP contribution is 2.17. The minimum atomic E-state index is 0.00939. The minimum Gasteiger partial charge on any atom is -0.378 e. The van der Waals surface area contributed by atoms with Gasteiger partial charge in [-0.1, -0.05) is 26.0 Å². The molecule has 2 aliphatic rings. The Morgan fingerprint density at radius 3 is 2.07 bits per heavy atom. The molecule has 1 N–H and O–H groups in total. The highest BCUT2D eigenvalue weighted by atomic mass is 16.5. The van der Waals surface area contributed by atoms with Gasteiger partial charge in [0.2, 0.25) is 11.8 Å². The highest BCUT2D eigenvalue weighted by Gasteiger charge is 2.23. The summed E-state index contributed by atoms with van der Waals surface area (Å²) in [6.07, 6.45) is 0. The Kier molecular flexibility index (Phi) is 7.42. The molecule has 0 aliphatic carbocycles. The number of nitrogens with one attached hydrogen (secondary N) is 1. The van der Waals surface area contributed by atoms with Gasteiger partial charge in [-0.05, 0) is 23.6 Å². The van der Waals surface area contributed by atoms with E-state index in [-0.39, 0.29) is 11.8 Å². The number of ether oxygens (including phenoxy) is 1. The Morgan fingerprint density at radius 1 is 0.929 bits per heavy atom. The van der Waals surface area contributed by atoms with Crippen LogP contribution >= 0.6 is 0 Å². The number of hydrogen-bond acceptors (Lipinski definition) is 5. The summed E-state index contributed by atoms with van der Waals surface area (Å²) in [4.78, 5) is 30.9. The predicted octanol–water partition coefficient (Wildman–Crippen LogP) is 1.22. The fraction of sp³-hybridized carbons (Fsp3) is 0.619. The smallest absolute Gasteiger partial charge is 0.238 e. The number of benzene rings is 1. The van der Waals surface area contributed by atoms with Gasteiger partial charge >= 0.3 is 0 Å². The number of amides is 2. The molecule has 0 radical (unpaired) electrons. The van der Waals surface area contributed by atoms with E-state index in [1.807, 2.05) is 17.0 Å². The predicted molar refractivity (Wildman–Crippen MR) is 109 cm³/mol. The van der Waals surface area contributed by atoms with E-state index in [1.165, 1.54) is 5.56 Å². The van der Waals surface area contributed by atoms with Crippen molar-refractivity contribution in [2.75, 3.05) is 70.9 Å². The van der Waals surface area contributed by atoms with E-state index in [0.717, 1.165) is 31.9 Å². The summed E-state index contributed by atoms with van der Waals surface area (Å²) in [5, 5.41) is 2.97. The van der Waals surface area contributed by atoms with E-state index < -0.39 is 0 Å². The van der Waals surface area contributed by atoms with E-state index in [1.54, 1.807) is 0 Å². The number of morpholine rings is 1. The van der Waals surface area contributed by atoms with Crippen molar-refractivity contribution in [1.82, 2.24) is 14.7 Å². The zero-order chi connectivity index (χ0) is 19.9. The average molecular weight is 389 g/mol. The first-order valence-corrected chi connectivity index (χ1v) is 10.2. The maximum atomic E-state index is 12.3. The second-order valence-electron chi connectivity index (χ2n) is 7.87. The van der Waals surface area contributed by atoms with Crippen LogP contribution in [0.3, 0.4) is 0 Å². The summed E-state index contributed by atoms with van der Waals surface area (Å²) in [7, 11) is 0. The maximum absolute atomic E-state index is 12.3. The Bertz CT molecular complexity index is 648. The summed E-state index contributed by atoms with van der Waals surface area (Å²) in [5.41, 5.74) is 2.10. The van der Waals surface area contributed by atoms with Gasteiger partial charge in [0.1, 0.15) is 0 Å². The topological polar surface area (TPSA) is 65.1 Å². The maximum Gasteiger partial charge on any atom is 0.238 e. The standard InChI is InChI=1S/C21H32N4O3/c1-17(2)18-3-5-19(6-4-18)22-20(26)15-23-7-9-24(10-8-23)16-21(27)25-11-13-28-14-12-25/h3-6,17H,7-16H2,1-2H3,(H,22,26). The monoisotopic (exact) mass is 388 g/mol. The highest BCUT2D eigenvalue weighted by molar-refractivity contribution is 5.92. The number of piperazine rings is 1. The number of carbonyl (C=O) groups is 2. The molecule has 0 aromatic heterocycles. The van der Waals surface area contributed by atoms with E-state index in [4.69, 9.17) is 4.74 Å². The van der Waals surface area contributed by atoms with Crippen LogP contribution in [-0.2, 0) is 14.3 Å². The molecule has 2 aliphatic heterocycles. The molecule has 0 unspecified atom stereocenters. The van der Waals surface area contributed by atoms with Gasteiger partial charge < -0.3 is 15.0 Å². The molecule has 1 aromatic carbocycles. The van der Waals surface area contributed by atoms with Crippen molar-refractivity contribution in [2.45, 2.75) is 19.8 Å². The van der Waals surface area contributed by atoms with E-state index in [0.29, 0.717) is 45.3 Å². The van der Waals surface area contributed by atoms with Crippen molar-refractivity contribution in [2.24, 2.45) is 0 Å². The van der Waals surface area contributed by atoms with Gasteiger partial charge in [-0.15, -0.1) is 0 Å². The molecule has 0 spiro atoms. The van der Waals surface area contributed by atoms with Gasteiger partial charge in [0, 0.05) is 45.0 Å². The molecule has 0 saturated carbocycles. The van der Waals surface area contributed by atoms with Crippen molar-refractivity contribution in [1.29, 1.82) is 0 Å². The van der Waals surface area contributed by atoms with Crippen LogP contribution in [0.15, 0.2) is 24.3 Å². The Hall–Kier alpha value is -1.96. The third kappa shape index (κ3) is 6.02. The van der Waals surface area contributed by atoms with Gasteiger partial charge in [-0.3, -0.25) is 19.4 Å². The summed E-state index contributed by atoms with van der Waals surface area (Å²) >= 11 is 0. The number of nitrogens with zero attached hydrogens (tertiary/aromatic N) is 3. The van der Waals surface area contributed by atoms with Crippen LogP contribution < -0.4 is 5.32 Å². The summed E-state index contributed by atoms with van der Waals surface area (Å²) < 4.78 is 5.30. The van der Waals surface area contributed by atoms with Crippen LogP contribution in [-0.4, -0.2) is 92.1 Å². The van der Waals surface area contributed by atoms with Crippen LogP contribution in [0.25, 0.3) is 0 Å². The zero-order valence-electron chi connectivity index (χ0n) is 17.0. The second kappa shape index (κ2) is 10.0. The first-order valence-electron chi connectivity index (χ1n) is 10.2. The first-order chi connectivity index (χ1) is 13.5. The summed E-state index contributed by atoms with van der Waals surface area (Å²) in [5.74, 6) is 0.672. The molecule has 0 bridgehead atoms. The van der Waals surface area contributed by atoms with Gasteiger partial charge in [0.25, 0.3) is 0 Å². The summed E-state index contributed by atoms with van der Waals surface area (Å²) in [6.45, 7) is 11.0. The van der Waals surface area contributed by atoms with Gasteiger partial charge in [-0.2, -0.15) is 0 Å². The molecule has 2 fully saturated rings. The first kappa shape index (κ1) is 20.8. The van der Waals surface area contributed by atoms with Gasteiger partial charge in [0.05, 0.1) is 26.3 Å². The van der Waals surface area contributed by atoms with Crippen molar-refractivity contribution in [3.8, 4) is 0 Å². The normalized spacial score (nSPS) is 19.0. The van der Waals surface area contributed by atoms with E-state index >= 15 is 0 Å². The Morgan fingerprint density at radius 2 is 1.50 bits per heavy atom. The molecule has 7 nitrogen and oxygen atoms in total. The van der Waals surface area contributed by atoms with Crippen molar-refractivity contribution >= 4 is 17.5 Å². The lowest BCUT2D eigenvalue weighted by atomic mass is 10.0. The third-order valence-electron chi connectivity index (χ3n) is 5.42. The van der Waals surface area contributed by atoms with Crippen LogP contribution in [0.2, 0.25) is 0 Å². The molecule has 28 heavy (non-hydrogen) atoms. The number of anilines is 1. The third-order valence-corrected chi connectivity index (χ3v) is 5.42. The lowest BCUT2D eigenvalue weighted by Gasteiger charge is -2.35. The van der Waals surface area contributed by atoms with Crippen LogP contribution in [0.4, 0.5) is 5.69 Å². The molecule has 2 amide bonds. The zero-order valence-corrected chi connectivity index (χ0v) is 17.0. The quantitative estimate of drug-likeness (QED) is 0.794. The van der Waals surface area contributed by atoms with Crippen LogP contribution in [0.5, 0.6) is 0 Å². The molecule has 0 atom stereocenters. The number of carbonyl (C=O) groups excluding carboxylic acids is 2. The van der Waals surface area contributed by atoms with Crippen LogP contribution in [0.1, 0.15) is 25.3 Å². The summed E-state index contributed by atoms with van der Waals surface area (Å²) in [6, 6.07) is 8.04. The molecule has 1 aromatic rings. The van der Waals surface area contributed by atoms with E-state index in [2.05, 4.69) is 41.1 Å².